The molecule has 2 atom stereocenters. The summed E-state index contributed by atoms with van der Waals surface area (Å²) in [6.45, 7) is 5.30. The van der Waals surface area contributed by atoms with Gasteiger partial charge in [-0.15, -0.1) is 0 Å². The molecular weight excluding hydrogens is 404 g/mol. The summed E-state index contributed by atoms with van der Waals surface area (Å²) in [6, 6.07) is 12.8. The lowest BCUT2D eigenvalue weighted by Crippen LogP contribution is -2.32. The molecule has 0 saturated carbocycles. The molecular formula is C23H23ClN2O4. The van der Waals surface area contributed by atoms with Crippen LogP contribution in [0.25, 0.3) is 10.8 Å². The van der Waals surface area contributed by atoms with Crippen molar-refractivity contribution in [2.75, 3.05) is 5.32 Å². The van der Waals surface area contributed by atoms with Crippen LogP contribution in [-0.2, 0) is 9.59 Å². The van der Waals surface area contributed by atoms with Crippen LogP contribution in [-0.4, -0.2) is 21.6 Å². The molecule has 0 bridgehead atoms. The van der Waals surface area contributed by atoms with E-state index in [4.69, 9.17) is 11.6 Å². The summed E-state index contributed by atoms with van der Waals surface area (Å²) in [6.07, 6.45) is 1.47. The van der Waals surface area contributed by atoms with Gasteiger partial charge in [-0.05, 0) is 48.7 Å². The lowest BCUT2D eigenvalue weighted by Gasteiger charge is -2.20. The number of carboxylic acid groups (broad SMARTS) is 1. The Bertz CT molecular complexity index is 1150. The number of carboxylic acids is 1. The summed E-state index contributed by atoms with van der Waals surface area (Å²) < 4.78 is 1.23. The Morgan fingerprint density at radius 2 is 1.67 bits per heavy atom. The maximum atomic E-state index is 13.0. The van der Waals surface area contributed by atoms with E-state index in [9.17, 15) is 19.5 Å². The Hall–Kier alpha value is -3.12. The maximum absolute atomic E-state index is 13.0. The SMILES string of the molecule is CC(C)C(C(=O)O)n1ccc2c(NC(=O)[C@@H](C)c3ccc(Cl)cc3)cccc2c1=O. The quantitative estimate of drug-likeness (QED) is 0.599. The molecule has 0 spiro atoms. The van der Waals surface area contributed by atoms with Crippen LogP contribution in [0.5, 0.6) is 0 Å². The van der Waals surface area contributed by atoms with Gasteiger partial charge in [0.1, 0.15) is 6.04 Å². The van der Waals surface area contributed by atoms with Crippen molar-refractivity contribution in [1.82, 2.24) is 4.57 Å². The molecule has 3 aromatic rings. The van der Waals surface area contributed by atoms with Crippen LogP contribution in [0.3, 0.4) is 0 Å². The number of aromatic nitrogens is 1. The molecule has 6 nitrogen and oxygen atoms in total. The Kier molecular flexibility index (Phi) is 6.27. The number of pyridine rings is 1. The summed E-state index contributed by atoms with van der Waals surface area (Å²) in [5.41, 5.74) is 0.912. The fourth-order valence-electron chi connectivity index (χ4n) is 3.49. The monoisotopic (exact) mass is 426 g/mol. The number of amides is 1. The van der Waals surface area contributed by atoms with Crippen molar-refractivity contribution in [3.8, 4) is 0 Å². The van der Waals surface area contributed by atoms with Crippen LogP contribution < -0.4 is 10.9 Å². The lowest BCUT2D eigenvalue weighted by molar-refractivity contribution is -0.142. The highest BCUT2D eigenvalue weighted by molar-refractivity contribution is 6.30. The number of aliphatic carboxylic acids is 1. The first kappa shape index (κ1) is 21.6. The largest absolute Gasteiger partial charge is 0.480 e. The van der Waals surface area contributed by atoms with E-state index < -0.39 is 23.5 Å². The van der Waals surface area contributed by atoms with Crippen LogP contribution >= 0.6 is 11.6 Å². The van der Waals surface area contributed by atoms with Gasteiger partial charge in [0.15, 0.2) is 0 Å². The Balaban J connectivity index is 1.97. The molecule has 30 heavy (non-hydrogen) atoms. The van der Waals surface area contributed by atoms with Crippen molar-refractivity contribution in [2.24, 2.45) is 5.92 Å². The molecule has 1 heterocycles. The molecule has 3 rings (SSSR count). The summed E-state index contributed by atoms with van der Waals surface area (Å²) in [7, 11) is 0. The first-order valence-corrected chi connectivity index (χ1v) is 10.0. The van der Waals surface area contributed by atoms with Crippen LogP contribution in [0.4, 0.5) is 5.69 Å². The van der Waals surface area contributed by atoms with E-state index >= 15 is 0 Å². The van der Waals surface area contributed by atoms with Crippen LogP contribution in [0.15, 0.2) is 59.5 Å². The van der Waals surface area contributed by atoms with Crippen molar-refractivity contribution in [3.63, 3.8) is 0 Å². The van der Waals surface area contributed by atoms with Gasteiger partial charge in [-0.2, -0.15) is 0 Å². The van der Waals surface area contributed by atoms with Gasteiger partial charge in [-0.3, -0.25) is 9.59 Å². The third-order valence-corrected chi connectivity index (χ3v) is 5.43. The van der Waals surface area contributed by atoms with Crippen molar-refractivity contribution in [2.45, 2.75) is 32.7 Å². The predicted molar refractivity (Wildman–Crippen MR) is 118 cm³/mol. The van der Waals surface area contributed by atoms with E-state index in [2.05, 4.69) is 5.32 Å². The normalized spacial score (nSPS) is 13.2. The lowest BCUT2D eigenvalue weighted by atomic mass is 10.00. The van der Waals surface area contributed by atoms with E-state index in [1.165, 1.54) is 10.8 Å². The summed E-state index contributed by atoms with van der Waals surface area (Å²) in [5.74, 6) is -1.97. The highest BCUT2D eigenvalue weighted by atomic mass is 35.5. The number of carbonyl (C=O) groups excluding carboxylic acids is 1. The van der Waals surface area contributed by atoms with E-state index in [0.29, 0.717) is 21.5 Å². The third kappa shape index (κ3) is 4.24. The summed E-state index contributed by atoms with van der Waals surface area (Å²) in [5, 5.41) is 13.9. The number of carbonyl (C=O) groups is 2. The van der Waals surface area contributed by atoms with Crippen molar-refractivity contribution in [3.05, 3.63) is 75.7 Å². The fraction of sp³-hybridized carbons (Fsp3) is 0.261. The topological polar surface area (TPSA) is 88.4 Å². The van der Waals surface area contributed by atoms with Gasteiger partial charge in [0.25, 0.3) is 5.56 Å². The molecule has 0 aliphatic rings. The van der Waals surface area contributed by atoms with E-state index in [0.717, 1.165) is 5.56 Å². The molecule has 0 aliphatic carbocycles. The first-order valence-electron chi connectivity index (χ1n) is 9.63. The molecule has 0 aliphatic heterocycles. The molecule has 1 amide bonds. The van der Waals surface area contributed by atoms with E-state index in [1.807, 2.05) is 0 Å². The third-order valence-electron chi connectivity index (χ3n) is 5.18. The van der Waals surface area contributed by atoms with Crippen molar-refractivity contribution >= 4 is 39.9 Å². The minimum absolute atomic E-state index is 0.223. The van der Waals surface area contributed by atoms with Crippen molar-refractivity contribution in [1.29, 1.82) is 0 Å². The maximum Gasteiger partial charge on any atom is 0.327 e. The molecule has 7 heteroatoms. The van der Waals surface area contributed by atoms with Crippen LogP contribution in [0, 0.1) is 5.92 Å². The number of hydrogen-bond donors (Lipinski definition) is 2. The van der Waals surface area contributed by atoms with Crippen LogP contribution in [0.2, 0.25) is 5.02 Å². The highest BCUT2D eigenvalue weighted by Gasteiger charge is 2.25. The second-order valence-electron chi connectivity index (χ2n) is 7.58. The summed E-state index contributed by atoms with van der Waals surface area (Å²) in [4.78, 5) is 37.4. The van der Waals surface area contributed by atoms with Gasteiger partial charge >= 0.3 is 5.97 Å². The molecule has 0 fully saturated rings. The number of halogens is 1. The van der Waals surface area contributed by atoms with Gasteiger partial charge in [0.2, 0.25) is 5.91 Å². The molecule has 0 radical (unpaired) electrons. The molecule has 2 aromatic carbocycles. The number of benzene rings is 2. The first-order chi connectivity index (χ1) is 14.2. The van der Waals surface area contributed by atoms with Crippen molar-refractivity contribution < 1.29 is 14.7 Å². The van der Waals surface area contributed by atoms with Crippen LogP contribution in [0.1, 0.15) is 38.3 Å². The average Bonchev–Trinajstić information content (AvgIpc) is 2.70. The molecule has 2 N–H and O–H groups in total. The summed E-state index contributed by atoms with van der Waals surface area (Å²) >= 11 is 5.91. The minimum Gasteiger partial charge on any atom is -0.480 e. The average molecular weight is 427 g/mol. The second kappa shape index (κ2) is 8.71. The van der Waals surface area contributed by atoms with E-state index in [-0.39, 0.29) is 11.8 Å². The van der Waals surface area contributed by atoms with Gasteiger partial charge in [-0.1, -0.05) is 43.6 Å². The molecule has 0 saturated heterocycles. The van der Waals surface area contributed by atoms with Gasteiger partial charge < -0.3 is 15.0 Å². The number of fused-ring (bicyclic) bond motifs is 1. The minimum atomic E-state index is -1.06. The Labute approximate surface area is 179 Å². The highest BCUT2D eigenvalue weighted by Crippen LogP contribution is 2.25. The number of nitrogens with one attached hydrogen (secondary N) is 1. The van der Waals surface area contributed by atoms with Gasteiger partial charge in [-0.25, -0.2) is 4.79 Å². The zero-order chi connectivity index (χ0) is 22.0. The fourth-order valence-corrected chi connectivity index (χ4v) is 3.62. The number of nitrogens with zero attached hydrogens (tertiary/aromatic N) is 1. The number of rotatable bonds is 6. The van der Waals surface area contributed by atoms with Gasteiger partial charge in [0, 0.05) is 27.7 Å². The van der Waals surface area contributed by atoms with E-state index in [1.54, 1.807) is 69.3 Å². The number of hydrogen-bond acceptors (Lipinski definition) is 3. The second-order valence-corrected chi connectivity index (χ2v) is 8.02. The van der Waals surface area contributed by atoms with Gasteiger partial charge in [0.05, 0.1) is 5.92 Å². The standard InChI is InChI=1S/C23H23ClN2O4/c1-13(2)20(23(29)30)26-12-11-17-18(22(26)28)5-4-6-19(17)25-21(27)14(3)15-7-9-16(24)10-8-15/h4-14,20H,1-3H3,(H,25,27)(H,29,30)/t14-,20?/m0/s1. The zero-order valence-electron chi connectivity index (χ0n) is 16.9. The zero-order valence-corrected chi connectivity index (χ0v) is 17.7. The number of anilines is 1. The Morgan fingerprint density at radius 1 is 1.00 bits per heavy atom. The Morgan fingerprint density at radius 3 is 2.27 bits per heavy atom. The predicted octanol–water partition coefficient (Wildman–Crippen LogP) is 4.68. The molecule has 156 valence electrons. The smallest absolute Gasteiger partial charge is 0.327 e. The molecule has 1 unspecified atom stereocenters. The molecule has 1 aromatic heterocycles.